The molecule has 1 aromatic rings. The molecule has 3 nitrogen and oxygen atoms in total. The van der Waals surface area contributed by atoms with Gasteiger partial charge in [0.15, 0.2) is 12.8 Å². The molecule has 0 bridgehead atoms. The molecule has 0 aliphatic carbocycles. The fourth-order valence-corrected chi connectivity index (χ4v) is 0.707. The molecule has 0 saturated heterocycles. The average Bonchev–Trinajstić information content (AvgIpc) is 2.06. The van der Waals surface area contributed by atoms with Gasteiger partial charge in [0.05, 0.1) is 0 Å². The Morgan fingerprint density at radius 1 is 1.55 bits per heavy atom. The molecular weight excluding hydrogens is 140 g/mol. The average molecular weight is 150 g/mol. The molecule has 0 amide bonds. The van der Waals surface area contributed by atoms with E-state index >= 15 is 0 Å². The summed E-state index contributed by atoms with van der Waals surface area (Å²) >= 11 is 0. The van der Waals surface area contributed by atoms with Crippen molar-refractivity contribution in [2.75, 3.05) is 6.54 Å². The van der Waals surface area contributed by atoms with Crippen LogP contribution in [0.1, 0.15) is 12.5 Å². The Bertz CT molecular complexity index is 244. The summed E-state index contributed by atoms with van der Waals surface area (Å²) in [6.07, 6.45) is 4.87. The van der Waals surface area contributed by atoms with Gasteiger partial charge in [-0.3, -0.25) is 4.98 Å². The van der Waals surface area contributed by atoms with E-state index in [1.54, 1.807) is 30.7 Å². The Kier molecular flexibility index (Phi) is 2.60. The highest BCUT2D eigenvalue weighted by molar-refractivity contribution is 5.75. The molecule has 0 unspecified atom stereocenters. The lowest BCUT2D eigenvalue weighted by Crippen LogP contribution is -2.03. The van der Waals surface area contributed by atoms with Crippen LogP contribution in [0, 0.1) is 5.21 Å². The zero-order valence-corrected chi connectivity index (χ0v) is 6.40. The van der Waals surface area contributed by atoms with Crippen LogP contribution in [0.5, 0.6) is 0 Å². The van der Waals surface area contributed by atoms with Crippen molar-refractivity contribution in [3.8, 4) is 0 Å². The monoisotopic (exact) mass is 150 g/mol. The maximum atomic E-state index is 10.8. The summed E-state index contributed by atoms with van der Waals surface area (Å²) in [5, 5.41) is 10.8. The van der Waals surface area contributed by atoms with Crippen LogP contribution in [0.15, 0.2) is 24.5 Å². The Hall–Kier alpha value is -1.38. The van der Waals surface area contributed by atoms with Crippen LogP contribution in [0.3, 0.4) is 0 Å². The van der Waals surface area contributed by atoms with Gasteiger partial charge in [0.2, 0.25) is 0 Å². The molecule has 58 valence electrons. The molecular formula is C8H10N2O. The van der Waals surface area contributed by atoms with Gasteiger partial charge in [-0.05, 0) is 19.1 Å². The molecule has 0 saturated carbocycles. The van der Waals surface area contributed by atoms with Gasteiger partial charge in [-0.2, -0.15) is 0 Å². The van der Waals surface area contributed by atoms with E-state index in [0.29, 0.717) is 6.54 Å². The third-order valence-electron chi connectivity index (χ3n) is 1.31. The molecule has 0 radical (unpaired) electrons. The predicted octanol–water partition coefficient (Wildman–Crippen LogP) is 1.03. The third kappa shape index (κ3) is 2.37. The molecule has 1 heterocycles. The minimum absolute atomic E-state index is 0.475. The highest BCUT2D eigenvalue weighted by atomic mass is 16.5. The first-order chi connectivity index (χ1) is 5.33. The van der Waals surface area contributed by atoms with Gasteiger partial charge in [-0.1, -0.05) is 0 Å². The SMILES string of the molecule is CC/[N+]([O-])=C/c1ccncc1. The van der Waals surface area contributed by atoms with E-state index in [-0.39, 0.29) is 0 Å². The van der Waals surface area contributed by atoms with E-state index in [1.807, 2.05) is 6.92 Å². The topological polar surface area (TPSA) is 39.0 Å². The molecule has 0 aromatic carbocycles. The van der Waals surface area contributed by atoms with Crippen molar-refractivity contribution >= 4 is 6.21 Å². The van der Waals surface area contributed by atoms with Gasteiger partial charge in [-0.25, -0.2) is 4.74 Å². The van der Waals surface area contributed by atoms with Crippen molar-refractivity contribution in [2.24, 2.45) is 0 Å². The van der Waals surface area contributed by atoms with E-state index in [4.69, 9.17) is 0 Å². The Morgan fingerprint density at radius 3 is 2.73 bits per heavy atom. The van der Waals surface area contributed by atoms with Gasteiger partial charge in [0.25, 0.3) is 0 Å². The molecule has 11 heavy (non-hydrogen) atoms. The largest absolute Gasteiger partial charge is 0.624 e. The third-order valence-corrected chi connectivity index (χ3v) is 1.31. The number of rotatable bonds is 2. The second-order valence-corrected chi connectivity index (χ2v) is 2.14. The Balaban J connectivity index is 2.79. The summed E-state index contributed by atoms with van der Waals surface area (Å²) in [6, 6.07) is 3.58. The molecule has 0 N–H and O–H groups in total. The molecule has 1 rings (SSSR count). The van der Waals surface area contributed by atoms with Crippen molar-refractivity contribution < 1.29 is 4.74 Å². The van der Waals surface area contributed by atoms with Gasteiger partial charge in [-0.15, -0.1) is 0 Å². The highest BCUT2D eigenvalue weighted by Gasteiger charge is 1.89. The summed E-state index contributed by atoms with van der Waals surface area (Å²) in [4.78, 5) is 3.84. The van der Waals surface area contributed by atoms with Crippen molar-refractivity contribution in [1.82, 2.24) is 4.98 Å². The van der Waals surface area contributed by atoms with Crippen LogP contribution in [-0.4, -0.2) is 22.5 Å². The molecule has 0 atom stereocenters. The second kappa shape index (κ2) is 3.71. The van der Waals surface area contributed by atoms with Crippen LogP contribution >= 0.6 is 0 Å². The van der Waals surface area contributed by atoms with Gasteiger partial charge < -0.3 is 5.21 Å². The molecule has 0 spiro atoms. The van der Waals surface area contributed by atoms with Crippen LogP contribution in [0.2, 0.25) is 0 Å². The number of aromatic nitrogens is 1. The smallest absolute Gasteiger partial charge is 0.181 e. The van der Waals surface area contributed by atoms with Crippen molar-refractivity contribution in [3.05, 3.63) is 35.3 Å². The van der Waals surface area contributed by atoms with Crippen molar-refractivity contribution in [1.29, 1.82) is 0 Å². The van der Waals surface area contributed by atoms with Crippen LogP contribution in [-0.2, 0) is 0 Å². The van der Waals surface area contributed by atoms with Crippen molar-refractivity contribution in [3.63, 3.8) is 0 Å². The minimum atomic E-state index is 0.475. The fraction of sp³-hybridized carbons (Fsp3) is 0.250. The van der Waals surface area contributed by atoms with Gasteiger partial charge in [0, 0.05) is 18.0 Å². The lowest BCUT2D eigenvalue weighted by Gasteiger charge is -1.98. The Morgan fingerprint density at radius 2 is 2.18 bits per heavy atom. The quantitative estimate of drug-likeness (QED) is 0.273. The van der Waals surface area contributed by atoms with E-state index in [1.165, 1.54) is 0 Å². The molecule has 0 fully saturated rings. The zero-order valence-electron chi connectivity index (χ0n) is 6.40. The lowest BCUT2D eigenvalue weighted by atomic mass is 10.3. The summed E-state index contributed by atoms with van der Waals surface area (Å²) in [5.41, 5.74) is 0.886. The minimum Gasteiger partial charge on any atom is -0.624 e. The summed E-state index contributed by atoms with van der Waals surface area (Å²) < 4.78 is 0.884. The fourth-order valence-electron chi connectivity index (χ4n) is 0.707. The number of pyridine rings is 1. The lowest BCUT2D eigenvalue weighted by molar-refractivity contribution is -0.447. The summed E-state index contributed by atoms with van der Waals surface area (Å²) in [7, 11) is 0. The van der Waals surface area contributed by atoms with Crippen molar-refractivity contribution in [2.45, 2.75) is 6.92 Å². The van der Waals surface area contributed by atoms with E-state index in [2.05, 4.69) is 4.98 Å². The number of hydroxylamine groups is 1. The number of nitrogens with zero attached hydrogens (tertiary/aromatic N) is 2. The van der Waals surface area contributed by atoms with E-state index < -0.39 is 0 Å². The number of hydrogen-bond acceptors (Lipinski definition) is 2. The molecule has 0 aliphatic heterocycles. The number of hydrogen-bond donors (Lipinski definition) is 0. The zero-order chi connectivity index (χ0) is 8.10. The normalized spacial score (nSPS) is 11.5. The van der Waals surface area contributed by atoms with Gasteiger partial charge >= 0.3 is 0 Å². The molecule has 3 heteroatoms. The Labute approximate surface area is 65.6 Å². The first-order valence-corrected chi connectivity index (χ1v) is 3.51. The maximum Gasteiger partial charge on any atom is 0.181 e. The van der Waals surface area contributed by atoms with Crippen LogP contribution < -0.4 is 0 Å². The van der Waals surface area contributed by atoms with E-state index in [9.17, 15) is 5.21 Å². The maximum absolute atomic E-state index is 10.8. The summed E-state index contributed by atoms with van der Waals surface area (Å²) in [5.74, 6) is 0. The summed E-state index contributed by atoms with van der Waals surface area (Å²) in [6.45, 7) is 2.28. The van der Waals surface area contributed by atoms with Gasteiger partial charge in [0.1, 0.15) is 0 Å². The standard InChI is InChI=1S/C8H10N2O/c1-2-10(11)7-8-3-5-9-6-4-8/h3-7H,2H2,1H3/b10-7-. The van der Waals surface area contributed by atoms with Crippen LogP contribution in [0.4, 0.5) is 0 Å². The van der Waals surface area contributed by atoms with Crippen LogP contribution in [0.25, 0.3) is 0 Å². The highest BCUT2D eigenvalue weighted by Crippen LogP contribution is 1.90. The van der Waals surface area contributed by atoms with E-state index in [0.717, 1.165) is 10.3 Å². The first-order valence-electron chi connectivity index (χ1n) is 3.51. The second-order valence-electron chi connectivity index (χ2n) is 2.14. The molecule has 0 aliphatic rings. The molecule has 1 aromatic heterocycles. The first kappa shape index (κ1) is 7.72. The predicted molar refractivity (Wildman–Crippen MR) is 43.6 cm³/mol.